The van der Waals surface area contributed by atoms with Gasteiger partial charge in [0.2, 0.25) is 5.91 Å². The summed E-state index contributed by atoms with van der Waals surface area (Å²) in [5.74, 6) is 1.55. The van der Waals surface area contributed by atoms with Gasteiger partial charge in [-0.15, -0.1) is 0 Å². The van der Waals surface area contributed by atoms with E-state index < -0.39 is 5.60 Å². The van der Waals surface area contributed by atoms with Gasteiger partial charge in [-0.25, -0.2) is 0 Å². The summed E-state index contributed by atoms with van der Waals surface area (Å²) in [6.07, 6.45) is 0.993. The van der Waals surface area contributed by atoms with E-state index in [1.54, 1.807) is 17.8 Å². The van der Waals surface area contributed by atoms with Crippen LogP contribution in [0.15, 0.2) is 24.3 Å². The van der Waals surface area contributed by atoms with Crippen LogP contribution in [0.3, 0.4) is 0 Å². The predicted molar refractivity (Wildman–Crippen MR) is 75.1 cm³/mol. The lowest BCUT2D eigenvalue weighted by atomic mass is 10.0. The van der Waals surface area contributed by atoms with Crippen molar-refractivity contribution >= 4 is 29.3 Å². The fraction of sp³-hybridized carbons (Fsp3) is 0.462. The van der Waals surface area contributed by atoms with Gasteiger partial charge in [0.05, 0.1) is 12.0 Å². The van der Waals surface area contributed by atoms with E-state index in [4.69, 9.17) is 11.6 Å². The van der Waals surface area contributed by atoms with Crippen molar-refractivity contribution in [2.45, 2.75) is 18.4 Å². The van der Waals surface area contributed by atoms with E-state index in [0.29, 0.717) is 17.3 Å². The minimum Gasteiger partial charge on any atom is -0.387 e. The highest BCUT2D eigenvalue weighted by Crippen LogP contribution is 2.27. The summed E-state index contributed by atoms with van der Waals surface area (Å²) in [6, 6.07) is 7.30. The first-order chi connectivity index (χ1) is 8.59. The highest BCUT2D eigenvalue weighted by Gasteiger charge is 2.31. The van der Waals surface area contributed by atoms with Crippen LogP contribution in [0.25, 0.3) is 0 Å². The van der Waals surface area contributed by atoms with E-state index in [2.05, 4.69) is 5.32 Å². The first-order valence-electron chi connectivity index (χ1n) is 5.89. The summed E-state index contributed by atoms with van der Waals surface area (Å²) in [4.78, 5) is 11.8. The largest absolute Gasteiger partial charge is 0.387 e. The number of benzene rings is 1. The highest BCUT2D eigenvalue weighted by atomic mass is 35.5. The highest BCUT2D eigenvalue weighted by molar-refractivity contribution is 7.99. The second-order valence-corrected chi connectivity index (χ2v) is 6.08. The Morgan fingerprint density at radius 1 is 1.50 bits per heavy atom. The van der Waals surface area contributed by atoms with Crippen LogP contribution in [0.2, 0.25) is 5.02 Å². The fourth-order valence-corrected chi connectivity index (χ4v) is 3.37. The van der Waals surface area contributed by atoms with Crippen LogP contribution in [-0.2, 0) is 11.2 Å². The Kier molecular flexibility index (Phi) is 4.54. The van der Waals surface area contributed by atoms with Crippen molar-refractivity contribution in [1.82, 2.24) is 5.32 Å². The van der Waals surface area contributed by atoms with Crippen LogP contribution >= 0.6 is 23.4 Å². The molecule has 0 bridgehead atoms. The van der Waals surface area contributed by atoms with Gasteiger partial charge in [-0.2, -0.15) is 11.8 Å². The van der Waals surface area contributed by atoms with Crippen LogP contribution in [0.4, 0.5) is 0 Å². The number of amides is 1. The molecule has 2 N–H and O–H groups in total. The van der Waals surface area contributed by atoms with Crippen molar-refractivity contribution in [2.75, 3.05) is 18.1 Å². The molecule has 1 aliphatic heterocycles. The monoisotopic (exact) mass is 285 g/mol. The minimum absolute atomic E-state index is 0.103. The number of halogens is 1. The molecule has 0 aliphatic carbocycles. The Labute approximate surface area is 116 Å². The summed E-state index contributed by atoms with van der Waals surface area (Å²) in [5, 5.41) is 13.5. The smallest absolute Gasteiger partial charge is 0.224 e. The quantitative estimate of drug-likeness (QED) is 0.888. The van der Waals surface area contributed by atoms with Gasteiger partial charge in [0.1, 0.15) is 0 Å². The molecule has 1 fully saturated rings. The first-order valence-corrected chi connectivity index (χ1v) is 7.43. The van der Waals surface area contributed by atoms with Crippen molar-refractivity contribution in [2.24, 2.45) is 0 Å². The number of rotatable bonds is 4. The Bertz CT molecular complexity index is 433. The third-order valence-corrected chi connectivity index (χ3v) is 4.61. The lowest BCUT2D eigenvalue weighted by Crippen LogP contribution is -2.43. The van der Waals surface area contributed by atoms with E-state index in [-0.39, 0.29) is 12.3 Å². The maximum absolute atomic E-state index is 11.8. The minimum atomic E-state index is -0.735. The van der Waals surface area contributed by atoms with Gasteiger partial charge >= 0.3 is 0 Å². The van der Waals surface area contributed by atoms with E-state index in [1.165, 1.54) is 0 Å². The standard InChI is InChI=1S/C13H16ClNO2S/c14-11-4-2-1-3-10(11)7-12(16)15-8-13(17)5-6-18-9-13/h1-4,17H,5-9H2,(H,15,16). The van der Waals surface area contributed by atoms with Gasteiger partial charge in [-0.1, -0.05) is 29.8 Å². The molecule has 0 spiro atoms. The van der Waals surface area contributed by atoms with Crippen molar-refractivity contribution < 1.29 is 9.90 Å². The molecule has 98 valence electrons. The number of hydrogen-bond donors (Lipinski definition) is 2. The maximum atomic E-state index is 11.8. The van der Waals surface area contributed by atoms with Crippen molar-refractivity contribution in [3.8, 4) is 0 Å². The molecule has 1 atom stereocenters. The molecule has 1 aromatic carbocycles. The molecule has 0 aromatic heterocycles. The molecule has 2 rings (SSSR count). The van der Waals surface area contributed by atoms with Crippen LogP contribution < -0.4 is 5.32 Å². The lowest BCUT2D eigenvalue weighted by molar-refractivity contribution is -0.121. The van der Waals surface area contributed by atoms with E-state index in [1.807, 2.05) is 18.2 Å². The van der Waals surface area contributed by atoms with E-state index in [9.17, 15) is 9.90 Å². The van der Waals surface area contributed by atoms with E-state index in [0.717, 1.165) is 17.7 Å². The Morgan fingerprint density at radius 3 is 2.94 bits per heavy atom. The van der Waals surface area contributed by atoms with E-state index >= 15 is 0 Å². The summed E-state index contributed by atoms with van der Waals surface area (Å²) >= 11 is 7.71. The Hall–Kier alpha value is -0.710. The number of aliphatic hydroxyl groups is 1. The summed E-state index contributed by atoms with van der Waals surface area (Å²) in [7, 11) is 0. The van der Waals surface area contributed by atoms with Gasteiger partial charge in [0.25, 0.3) is 0 Å². The molecule has 18 heavy (non-hydrogen) atoms. The van der Waals surface area contributed by atoms with Crippen molar-refractivity contribution in [1.29, 1.82) is 0 Å². The summed E-state index contributed by atoms with van der Waals surface area (Å²) in [5.41, 5.74) is 0.0744. The number of nitrogens with one attached hydrogen (secondary N) is 1. The van der Waals surface area contributed by atoms with Crippen LogP contribution in [0.5, 0.6) is 0 Å². The summed E-state index contributed by atoms with van der Waals surface area (Å²) < 4.78 is 0. The third kappa shape index (κ3) is 3.64. The molecule has 0 saturated carbocycles. The zero-order valence-electron chi connectivity index (χ0n) is 9.99. The van der Waals surface area contributed by atoms with Crippen molar-refractivity contribution in [3.05, 3.63) is 34.9 Å². The average Bonchev–Trinajstić information content (AvgIpc) is 2.77. The normalized spacial score (nSPS) is 23.0. The molecule has 1 unspecified atom stereocenters. The second kappa shape index (κ2) is 5.95. The predicted octanol–water partition coefficient (Wildman–Crippen LogP) is 1.87. The van der Waals surface area contributed by atoms with Gasteiger partial charge in [0, 0.05) is 17.3 Å². The molecule has 3 nitrogen and oxygen atoms in total. The molecule has 1 aliphatic rings. The molecular formula is C13H16ClNO2S. The molecule has 1 heterocycles. The molecule has 1 aromatic rings. The average molecular weight is 286 g/mol. The molecule has 5 heteroatoms. The number of carbonyl (C=O) groups excluding carboxylic acids is 1. The molecular weight excluding hydrogens is 270 g/mol. The number of hydrogen-bond acceptors (Lipinski definition) is 3. The molecule has 1 saturated heterocycles. The first kappa shape index (κ1) is 13.7. The van der Waals surface area contributed by atoms with Gasteiger partial charge in [-0.3, -0.25) is 4.79 Å². The Morgan fingerprint density at radius 2 is 2.28 bits per heavy atom. The zero-order chi connectivity index (χ0) is 13.0. The lowest BCUT2D eigenvalue weighted by Gasteiger charge is -2.21. The molecule has 1 amide bonds. The van der Waals surface area contributed by atoms with Crippen molar-refractivity contribution in [3.63, 3.8) is 0 Å². The maximum Gasteiger partial charge on any atom is 0.224 e. The second-order valence-electron chi connectivity index (χ2n) is 4.57. The summed E-state index contributed by atoms with van der Waals surface area (Å²) in [6.45, 7) is 0.323. The van der Waals surface area contributed by atoms with Gasteiger partial charge in [0.15, 0.2) is 0 Å². The Balaban J connectivity index is 1.84. The van der Waals surface area contributed by atoms with Crippen LogP contribution in [0, 0.1) is 0 Å². The SMILES string of the molecule is O=C(Cc1ccccc1Cl)NCC1(O)CCSC1. The van der Waals surface area contributed by atoms with Gasteiger partial charge in [-0.05, 0) is 23.8 Å². The number of thioether (sulfide) groups is 1. The topological polar surface area (TPSA) is 49.3 Å². The van der Waals surface area contributed by atoms with Crippen LogP contribution in [0.1, 0.15) is 12.0 Å². The van der Waals surface area contributed by atoms with Gasteiger partial charge < -0.3 is 10.4 Å². The zero-order valence-corrected chi connectivity index (χ0v) is 11.6. The van der Waals surface area contributed by atoms with Crippen LogP contribution in [-0.4, -0.2) is 34.7 Å². The fourth-order valence-electron chi connectivity index (χ4n) is 1.88. The number of carbonyl (C=O) groups is 1. The molecule has 0 radical (unpaired) electrons. The third-order valence-electron chi connectivity index (χ3n) is 3.01.